The standard InChI is InChI=1S/C10H12BrN5O3/c11-10-14-8(12)7-9(15-10)16(3-13-7)6-1-4(18)5(2-17)19-6/h3-6,17-18H,1-2H2,(H2,12,14,15)/t4-,5+,6-/m1/s1. The van der Waals surface area contributed by atoms with E-state index in [4.69, 9.17) is 15.6 Å². The van der Waals surface area contributed by atoms with Crippen LogP contribution in [0, 0.1) is 0 Å². The number of nitrogens with two attached hydrogens (primary N) is 1. The highest BCUT2D eigenvalue weighted by molar-refractivity contribution is 9.10. The summed E-state index contributed by atoms with van der Waals surface area (Å²) in [4.78, 5) is 12.3. The number of anilines is 1. The van der Waals surface area contributed by atoms with E-state index in [1.54, 1.807) is 10.9 Å². The van der Waals surface area contributed by atoms with Gasteiger partial charge in [-0.15, -0.1) is 0 Å². The Bertz CT molecular complexity index is 618. The van der Waals surface area contributed by atoms with Gasteiger partial charge in [0.15, 0.2) is 11.5 Å². The maximum atomic E-state index is 9.75. The van der Waals surface area contributed by atoms with Gasteiger partial charge in [0.05, 0.1) is 19.0 Å². The lowest BCUT2D eigenvalue weighted by Gasteiger charge is -2.13. The van der Waals surface area contributed by atoms with Crippen molar-refractivity contribution < 1.29 is 14.9 Å². The second kappa shape index (κ2) is 4.67. The van der Waals surface area contributed by atoms with Crippen molar-refractivity contribution in [3.05, 3.63) is 11.1 Å². The van der Waals surface area contributed by atoms with Crippen LogP contribution in [-0.2, 0) is 4.74 Å². The van der Waals surface area contributed by atoms with Gasteiger partial charge in [-0.3, -0.25) is 4.57 Å². The van der Waals surface area contributed by atoms with Crippen LogP contribution in [0.4, 0.5) is 5.82 Å². The summed E-state index contributed by atoms with van der Waals surface area (Å²) < 4.78 is 7.60. The number of rotatable bonds is 2. The Morgan fingerprint density at radius 2 is 2.32 bits per heavy atom. The second-order valence-electron chi connectivity index (χ2n) is 4.32. The first-order valence-corrected chi connectivity index (χ1v) is 6.49. The van der Waals surface area contributed by atoms with Gasteiger partial charge in [0.1, 0.15) is 17.8 Å². The number of aliphatic hydroxyl groups excluding tert-OH is 2. The van der Waals surface area contributed by atoms with Gasteiger partial charge in [0.2, 0.25) is 4.73 Å². The molecule has 19 heavy (non-hydrogen) atoms. The molecular formula is C10H12BrN5O3. The fraction of sp³-hybridized carbons (Fsp3) is 0.500. The molecule has 1 saturated heterocycles. The molecule has 0 unspecified atom stereocenters. The van der Waals surface area contributed by atoms with Crippen LogP contribution in [0.25, 0.3) is 11.2 Å². The van der Waals surface area contributed by atoms with Crippen molar-refractivity contribution in [2.45, 2.75) is 24.9 Å². The lowest BCUT2D eigenvalue weighted by atomic mass is 10.2. The molecule has 0 bridgehead atoms. The Morgan fingerprint density at radius 3 is 3.00 bits per heavy atom. The largest absolute Gasteiger partial charge is 0.394 e. The molecule has 0 spiro atoms. The van der Waals surface area contributed by atoms with Crippen molar-refractivity contribution in [2.24, 2.45) is 0 Å². The van der Waals surface area contributed by atoms with E-state index in [0.717, 1.165) is 0 Å². The van der Waals surface area contributed by atoms with E-state index in [1.807, 2.05) is 0 Å². The maximum absolute atomic E-state index is 9.75. The zero-order chi connectivity index (χ0) is 13.6. The monoisotopic (exact) mass is 329 g/mol. The lowest BCUT2D eigenvalue weighted by Crippen LogP contribution is -2.24. The summed E-state index contributed by atoms with van der Waals surface area (Å²) in [6, 6.07) is 0. The summed E-state index contributed by atoms with van der Waals surface area (Å²) in [7, 11) is 0. The van der Waals surface area contributed by atoms with E-state index < -0.39 is 18.4 Å². The first-order chi connectivity index (χ1) is 9.10. The number of aliphatic hydroxyl groups is 2. The molecule has 4 N–H and O–H groups in total. The molecule has 0 aromatic carbocycles. The summed E-state index contributed by atoms with van der Waals surface area (Å²) in [5, 5.41) is 18.8. The quantitative estimate of drug-likeness (QED) is 0.653. The minimum atomic E-state index is -0.713. The zero-order valence-corrected chi connectivity index (χ0v) is 11.4. The minimum absolute atomic E-state index is 0.231. The Labute approximate surface area is 116 Å². The molecule has 0 aliphatic carbocycles. The minimum Gasteiger partial charge on any atom is -0.394 e. The van der Waals surface area contributed by atoms with Crippen LogP contribution in [-0.4, -0.2) is 48.5 Å². The van der Waals surface area contributed by atoms with Crippen LogP contribution >= 0.6 is 15.9 Å². The number of fused-ring (bicyclic) bond motifs is 1. The van der Waals surface area contributed by atoms with Gasteiger partial charge in [-0.05, 0) is 15.9 Å². The summed E-state index contributed by atoms with van der Waals surface area (Å²) in [5.41, 5.74) is 6.77. The first-order valence-electron chi connectivity index (χ1n) is 5.70. The summed E-state index contributed by atoms with van der Waals surface area (Å²) in [5.74, 6) is 0.271. The SMILES string of the molecule is Nc1nc(Br)nc2c1ncn2[C@H]1C[C@@H](O)[C@H](CO)O1. The van der Waals surface area contributed by atoms with Gasteiger partial charge in [-0.2, -0.15) is 0 Å². The average Bonchev–Trinajstić information content (AvgIpc) is 2.92. The number of ether oxygens (including phenoxy) is 1. The molecule has 2 aromatic heterocycles. The van der Waals surface area contributed by atoms with Gasteiger partial charge in [0.25, 0.3) is 0 Å². The highest BCUT2D eigenvalue weighted by atomic mass is 79.9. The van der Waals surface area contributed by atoms with E-state index in [2.05, 4.69) is 30.9 Å². The van der Waals surface area contributed by atoms with E-state index in [9.17, 15) is 5.11 Å². The van der Waals surface area contributed by atoms with Crippen LogP contribution in [0.1, 0.15) is 12.6 Å². The Hall–Kier alpha value is -1.29. The van der Waals surface area contributed by atoms with Crippen LogP contribution in [0.5, 0.6) is 0 Å². The molecule has 0 amide bonds. The Balaban J connectivity index is 2.02. The van der Waals surface area contributed by atoms with Crippen LogP contribution in [0.3, 0.4) is 0 Å². The topological polar surface area (TPSA) is 119 Å². The first kappa shape index (κ1) is 12.7. The Kier molecular flexibility index (Phi) is 3.13. The molecule has 0 saturated carbocycles. The molecule has 3 heterocycles. The van der Waals surface area contributed by atoms with Crippen LogP contribution < -0.4 is 5.73 Å². The third-order valence-electron chi connectivity index (χ3n) is 3.12. The van der Waals surface area contributed by atoms with Crippen molar-refractivity contribution in [3.8, 4) is 0 Å². The number of halogens is 1. The molecular weight excluding hydrogens is 318 g/mol. The molecule has 1 aliphatic rings. The van der Waals surface area contributed by atoms with E-state index in [-0.39, 0.29) is 12.4 Å². The smallest absolute Gasteiger partial charge is 0.200 e. The van der Waals surface area contributed by atoms with Crippen molar-refractivity contribution >= 4 is 32.9 Å². The molecule has 0 radical (unpaired) electrons. The third-order valence-corrected chi connectivity index (χ3v) is 3.47. The van der Waals surface area contributed by atoms with Crippen molar-refractivity contribution in [3.63, 3.8) is 0 Å². The molecule has 1 fully saturated rings. The molecule has 1 aliphatic heterocycles. The summed E-state index contributed by atoms with van der Waals surface area (Å²) in [6.45, 7) is -0.231. The van der Waals surface area contributed by atoms with Gasteiger partial charge < -0.3 is 20.7 Å². The van der Waals surface area contributed by atoms with Crippen LogP contribution in [0.15, 0.2) is 11.1 Å². The normalized spacial score (nSPS) is 27.2. The van der Waals surface area contributed by atoms with Crippen molar-refractivity contribution in [1.29, 1.82) is 0 Å². The molecule has 9 heteroatoms. The predicted octanol–water partition coefficient (Wildman–Crippen LogP) is -0.188. The number of imidazole rings is 1. The van der Waals surface area contributed by atoms with Crippen molar-refractivity contribution in [1.82, 2.24) is 19.5 Å². The fourth-order valence-electron chi connectivity index (χ4n) is 2.17. The van der Waals surface area contributed by atoms with E-state index in [0.29, 0.717) is 22.3 Å². The van der Waals surface area contributed by atoms with E-state index in [1.165, 1.54) is 0 Å². The molecule has 2 aromatic rings. The number of hydrogen-bond donors (Lipinski definition) is 3. The zero-order valence-electron chi connectivity index (χ0n) is 9.77. The molecule has 8 nitrogen and oxygen atoms in total. The highest BCUT2D eigenvalue weighted by Gasteiger charge is 2.35. The number of nitrogens with zero attached hydrogens (tertiary/aromatic N) is 4. The van der Waals surface area contributed by atoms with Gasteiger partial charge in [0, 0.05) is 6.42 Å². The summed E-state index contributed by atoms with van der Waals surface area (Å²) >= 11 is 3.17. The number of nitrogen functional groups attached to an aromatic ring is 1. The van der Waals surface area contributed by atoms with Gasteiger partial charge >= 0.3 is 0 Å². The van der Waals surface area contributed by atoms with Crippen molar-refractivity contribution in [2.75, 3.05) is 12.3 Å². The Morgan fingerprint density at radius 1 is 1.53 bits per heavy atom. The molecule has 3 atom stereocenters. The maximum Gasteiger partial charge on any atom is 0.200 e. The van der Waals surface area contributed by atoms with E-state index >= 15 is 0 Å². The molecule has 3 rings (SSSR count). The fourth-order valence-corrected chi connectivity index (χ4v) is 2.53. The van der Waals surface area contributed by atoms with Crippen LogP contribution in [0.2, 0.25) is 0 Å². The van der Waals surface area contributed by atoms with Gasteiger partial charge in [-0.1, -0.05) is 0 Å². The predicted molar refractivity (Wildman–Crippen MR) is 69.1 cm³/mol. The second-order valence-corrected chi connectivity index (χ2v) is 5.03. The number of aromatic nitrogens is 4. The summed E-state index contributed by atoms with van der Waals surface area (Å²) in [6.07, 6.45) is 0.163. The number of hydrogen-bond acceptors (Lipinski definition) is 7. The third kappa shape index (κ3) is 2.08. The highest BCUT2D eigenvalue weighted by Crippen LogP contribution is 2.31. The van der Waals surface area contributed by atoms with Gasteiger partial charge in [-0.25, -0.2) is 15.0 Å². The lowest BCUT2D eigenvalue weighted by molar-refractivity contribution is -0.0432. The molecule has 102 valence electrons. The average molecular weight is 330 g/mol.